The van der Waals surface area contributed by atoms with Gasteiger partial charge in [-0.05, 0) is 18.7 Å². The van der Waals surface area contributed by atoms with E-state index < -0.39 is 8.80 Å². The lowest BCUT2D eigenvalue weighted by Gasteiger charge is -2.24. The summed E-state index contributed by atoms with van der Waals surface area (Å²) >= 11 is 1.96. The largest absolute Gasteiger partial charge is 0.500 e. The fourth-order valence-corrected chi connectivity index (χ4v) is 4.19. The van der Waals surface area contributed by atoms with Gasteiger partial charge in [-0.1, -0.05) is 6.92 Å². The average molecular weight is 267 g/mol. The molecule has 6 heteroatoms. The van der Waals surface area contributed by atoms with E-state index in [9.17, 15) is 0 Å². The zero-order chi connectivity index (χ0) is 12.3. The molecule has 0 saturated heterocycles. The number of rotatable bonds is 11. The van der Waals surface area contributed by atoms with E-state index in [0.717, 1.165) is 37.1 Å². The lowest BCUT2D eigenvalue weighted by atomic mass is 10.6. The van der Waals surface area contributed by atoms with Crippen molar-refractivity contribution in [2.75, 3.05) is 45.9 Å². The number of hydrogen-bond donors (Lipinski definition) is 1. The van der Waals surface area contributed by atoms with Crippen molar-refractivity contribution < 1.29 is 13.3 Å². The quantitative estimate of drug-likeness (QED) is 0.455. The van der Waals surface area contributed by atoms with Gasteiger partial charge in [0.1, 0.15) is 0 Å². The van der Waals surface area contributed by atoms with E-state index >= 15 is 0 Å². The molecule has 0 saturated carbocycles. The summed E-state index contributed by atoms with van der Waals surface area (Å²) < 4.78 is 16.1. The molecule has 1 N–H and O–H groups in total. The minimum Gasteiger partial charge on any atom is -0.377 e. The van der Waals surface area contributed by atoms with Gasteiger partial charge in [0.15, 0.2) is 0 Å². The third kappa shape index (κ3) is 6.88. The van der Waals surface area contributed by atoms with Crippen molar-refractivity contribution >= 4 is 20.6 Å². The molecule has 0 aromatic carbocycles. The predicted molar refractivity (Wildman–Crippen MR) is 72.1 cm³/mol. The van der Waals surface area contributed by atoms with E-state index in [1.54, 1.807) is 21.3 Å². The van der Waals surface area contributed by atoms with Crippen molar-refractivity contribution in [2.45, 2.75) is 19.4 Å². The molecule has 0 rings (SSSR count). The van der Waals surface area contributed by atoms with Crippen LogP contribution in [0.15, 0.2) is 0 Å². The maximum atomic E-state index is 5.35. The summed E-state index contributed by atoms with van der Waals surface area (Å²) in [6.45, 7) is 4.26. The van der Waals surface area contributed by atoms with Crippen molar-refractivity contribution in [1.29, 1.82) is 0 Å². The Morgan fingerprint density at radius 1 is 1.06 bits per heavy atom. The summed E-state index contributed by atoms with van der Waals surface area (Å²) in [7, 11) is 2.67. The zero-order valence-corrected chi connectivity index (χ0v) is 12.7. The molecule has 0 aliphatic rings. The van der Waals surface area contributed by atoms with Crippen LogP contribution in [0.4, 0.5) is 0 Å². The topological polar surface area (TPSA) is 39.7 Å². The van der Waals surface area contributed by atoms with Crippen molar-refractivity contribution in [3.8, 4) is 0 Å². The predicted octanol–water partition coefficient (Wildman–Crippen LogP) is 1.60. The first-order valence-electron chi connectivity index (χ1n) is 5.68. The lowest BCUT2D eigenvalue weighted by molar-refractivity contribution is 0.123. The molecule has 0 heterocycles. The molecule has 0 aromatic heterocycles. The van der Waals surface area contributed by atoms with Gasteiger partial charge in [-0.2, -0.15) is 11.8 Å². The highest BCUT2D eigenvalue weighted by Gasteiger charge is 2.36. The molecule has 16 heavy (non-hydrogen) atoms. The van der Waals surface area contributed by atoms with Gasteiger partial charge >= 0.3 is 8.80 Å². The zero-order valence-electron chi connectivity index (χ0n) is 10.9. The van der Waals surface area contributed by atoms with Gasteiger partial charge in [0.2, 0.25) is 0 Å². The Bertz CT molecular complexity index is 151. The summed E-state index contributed by atoms with van der Waals surface area (Å²) in [5.41, 5.74) is 0. The third-order valence-corrected chi connectivity index (χ3v) is 6.28. The average Bonchev–Trinajstić information content (AvgIpc) is 2.34. The first kappa shape index (κ1) is 16.4. The monoisotopic (exact) mass is 267 g/mol. The number of thioether (sulfide) groups is 1. The van der Waals surface area contributed by atoms with Gasteiger partial charge in [0.25, 0.3) is 0 Å². The Kier molecular flexibility index (Phi) is 10.8. The van der Waals surface area contributed by atoms with E-state index in [-0.39, 0.29) is 0 Å². The van der Waals surface area contributed by atoms with Crippen LogP contribution in [0.25, 0.3) is 0 Å². The van der Waals surface area contributed by atoms with Crippen LogP contribution in [0.2, 0.25) is 6.04 Å². The highest BCUT2D eigenvalue weighted by Crippen LogP contribution is 2.16. The Labute approximate surface area is 105 Å². The fraction of sp³-hybridized carbons (Fsp3) is 1.00. The minimum atomic E-state index is -2.32. The Morgan fingerprint density at radius 3 is 2.19 bits per heavy atom. The highest BCUT2D eigenvalue weighted by molar-refractivity contribution is 7.99. The second-order valence-corrected chi connectivity index (χ2v) is 7.68. The Balaban J connectivity index is 3.48. The molecule has 0 aliphatic carbocycles. The lowest BCUT2D eigenvalue weighted by Crippen LogP contribution is -2.42. The normalized spacial score (nSPS) is 12.0. The summed E-state index contributed by atoms with van der Waals surface area (Å²) in [4.78, 5) is 0. The number of hydrogen-bond acceptors (Lipinski definition) is 5. The summed E-state index contributed by atoms with van der Waals surface area (Å²) in [6.07, 6.45) is 1.08. The molecule has 0 unspecified atom stereocenters. The second kappa shape index (κ2) is 10.6. The molecule has 4 nitrogen and oxygen atoms in total. The van der Waals surface area contributed by atoms with Crippen LogP contribution < -0.4 is 5.32 Å². The van der Waals surface area contributed by atoms with E-state index in [4.69, 9.17) is 13.3 Å². The van der Waals surface area contributed by atoms with Gasteiger partial charge in [0.05, 0.1) is 0 Å². The smallest absolute Gasteiger partial charge is 0.377 e. The molecule has 0 bridgehead atoms. The van der Waals surface area contributed by atoms with E-state index in [1.165, 1.54) is 0 Å². The maximum absolute atomic E-state index is 5.35. The molecular weight excluding hydrogens is 242 g/mol. The number of nitrogens with one attached hydrogen (secondary N) is 1. The molecule has 0 aromatic rings. The van der Waals surface area contributed by atoms with Crippen molar-refractivity contribution in [2.24, 2.45) is 0 Å². The van der Waals surface area contributed by atoms with Gasteiger partial charge < -0.3 is 18.6 Å². The third-order valence-electron chi connectivity index (χ3n) is 2.38. The van der Waals surface area contributed by atoms with Crippen LogP contribution in [0.1, 0.15) is 13.3 Å². The van der Waals surface area contributed by atoms with Crippen molar-refractivity contribution in [3.63, 3.8) is 0 Å². The minimum absolute atomic E-state index is 0.894. The SMILES string of the molecule is CCNCCSCCC[Si](OC)(OC)OC. The van der Waals surface area contributed by atoms with Crippen LogP contribution in [-0.4, -0.2) is 54.7 Å². The van der Waals surface area contributed by atoms with E-state index in [2.05, 4.69) is 12.2 Å². The molecule has 0 atom stereocenters. The van der Waals surface area contributed by atoms with Gasteiger partial charge in [0, 0.05) is 39.7 Å². The fourth-order valence-electron chi connectivity index (χ4n) is 1.37. The summed E-state index contributed by atoms with van der Waals surface area (Å²) in [6, 6.07) is 0.894. The maximum Gasteiger partial charge on any atom is 0.500 e. The standard InChI is InChI=1S/C10H25NO3SSi/c1-5-11-7-9-15-8-6-10-16(12-2,13-3)14-4/h11H,5-10H2,1-4H3. The first-order valence-corrected chi connectivity index (χ1v) is 8.77. The molecular formula is C10H25NO3SSi. The molecule has 98 valence electrons. The molecule has 0 fully saturated rings. The van der Waals surface area contributed by atoms with Crippen molar-refractivity contribution in [1.82, 2.24) is 5.32 Å². The summed E-state index contributed by atoms with van der Waals surface area (Å²) in [5, 5.41) is 3.30. The molecule has 0 spiro atoms. The van der Waals surface area contributed by atoms with Gasteiger partial charge in [-0.3, -0.25) is 0 Å². The highest BCUT2D eigenvalue weighted by atomic mass is 32.2. The van der Waals surface area contributed by atoms with E-state index in [0.29, 0.717) is 0 Å². The molecule has 0 radical (unpaired) electrons. The first-order chi connectivity index (χ1) is 7.74. The molecule has 0 amide bonds. The Hall–Kier alpha value is 0.407. The molecule has 0 aliphatic heterocycles. The van der Waals surface area contributed by atoms with Crippen LogP contribution in [0.3, 0.4) is 0 Å². The van der Waals surface area contributed by atoms with E-state index in [1.807, 2.05) is 11.8 Å². The summed E-state index contributed by atoms with van der Waals surface area (Å²) in [5.74, 6) is 2.30. The Morgan fingerprint density at radius 2 is 1.69 bits per heavy atom. The van der Waals surface area contributed by atoms with Crippen LogP contribution in [-0.2, 0) is 13.3 Å². The van der Waals surface area contributed by atoms with Crippen LogP contribution in [0, 0.1) is 0 Å². The van der Waals surface area contributed by atoms with Gasteiger partial charge in [-0.15, -0.1) is 0 Å². The second-order valence-electron chi connectivity index (χ2n) is 3.36. The van der Waals surface area contributed by atoms with Crippen LogP contribution in [0.5, 0.6) is 0 Å². The van der Waals surface area contributed by atoms with Crippen molar-refractivity contribution in [3.05, 3.63) is 0 Å². The van der Waals surface area contributed by atoms with Gasteiger partial charge in [-0.25, -0.2) is 0 Å². The van der Waals surface area contributed by atoms with Crippen LogP contribution >= 0.6 is 11.8 Å².